The molecule has 0 spiro atoms. The summed E-state index contributed by atoms with van der Waals surface area (Å²) in [7, 11) is 0. The van der Waals surface area contributed by atoms with Gasteiger partial charge in [-0.15, -0.1) is 0 Å². The highest BCUT2D eigenvalue weighted by molar-refractivity contribution is 6.10. The van der Waals surface area contributed by atoms with Gasteiger partial charge in [0.05, 0.1) is 0 Å². The number of urea groups is 1. The average Bonchev–Trinajstić information content (AvgIpc) is 3.34. The second-order valence-corrected chi connectivity index (χ2v) is 6.99. The number of imide groups is 1. The Labute approximate surface area is 141 Å². The molecule has 2 aliphatic rings. The second-order valence-electron chi connectivity index (χ2n) is 6.99. The fraction of sp³-hybridized carbons (Fsp3) is 0.500. The van der Waals surface area contributed by atoms with Crippen LogP contribution < -0.4 is 10.2 Å². The summed E-state index contributed by atoms with van der Waals surface area (Å²) in [6.07, 6.45) is 1.87. The maximum Gasteiger partial charge on any atom is 0.325 e. The van der Waals surface area contributed by atoms with Crippen molar-refractivity contribution in [2.45, 2.75) is 45.2 Å². The fourth-order valence-electron chi connectivity index (χ4n) is 3.33. The zero-order valence-electron chi connectivity index (χ0n) is 14.3. The quantitative estimate of drug-likeness (QED) is 0.842. The third-order valence-electron chi connectivity index (χ3n) is 4.81. The maximum atomic E-state index is 12.8. The van der Waals surface area contributed by atoms with Gasteiger partial charge in [-0.05, 0) is 51.7 Å². The van der Waals surface area contributed by atoms with Crippen LogP contribution in [0.25, 0.3) is 0 Å². The minimum atomic E-state index is -0.854. The number of nitrogens with zero attached hydrogens (tertiary/aromatic N) is 2. The molecule has 1 heterocycles. The van der Waals surface area contributed by atoms with E-state index in [2.05, 4.69) is 5.32 Å². The normalized spacial score (nSPS) is 23.6. The molecule has 1 aliphatic heterocycles. The predicted molar refractivity (Wildman–Crippen MR) is 90.4 cm³/mol. The lowest BCUT2D eigenvalue weighted by Crippen LogP contribution is -2.48. The molecular weight excluding hydrogens is 306 g/mol. The Balaban J connectivity index is 1.78. The topological polar surface area (TPSA) is 69.7 Å². The van der Waals surface area contributed by atoms with Crippen molar-refractivity contribution < 1.29 is 14.4 Å². The summed E-state index contributed by atoms with van der Waals surface area (Å²) >= 11 is 0. The minimum Gasteiger partial charge on any atom is -0.323 e. The number of anilines is 1. The van der Waals surface area contributed by atoms with E-state index >= 15 is 0 Å². The van der Waals surface area contributed by atoms with E-state index in [1.165, 1.54) is 0 Å². The highest BCUT2D eigenvalue weighted by Gasteiger charge is 2.56. The van der Waals surface area contributed by atoms with Crippen LogP contribution in [0.3, 0.4) is 0 Å². The smallest absolute Gasteiger partial charge is 0.323 e. The van der Waals surface area contributed by atoms with E-state index in [-0.39, 0.29) is 30.3 Å². The molecule has 128 valence electrons. The Kier molecular flexibility index (Phi) is 4.07. The van der Waals surface area contributed by atoms with Crippen LogP contribution in [0.15, 0.2) is 30.3 Å². The molecule has 2 fully saturated rings. The molecule has 1 atom stereocenters. The monoisotopic (exact) mass is 329 g/mol. The van der Waals surface area contributed by atoms with Crippen LogP contribution in [0.4, 0.5) is 10.5 Å². The van der Waals surface area contributed by atoms with Gasteiger partial charge < -0.3 is 10.2 Å². The number of rotatable bonds is 5. The number of carbonyl (C=O) groups is 3. The summed E-state index contributed by atoms with van der Waals surface area (Å²) < 4.78 is 0. The number of hydrogen-bond acceptors (Lipinski definition) is 3. The molecular formula is C18H23N3O3. The van der Waals surface area contributed by atoms with Crippen LogP contribution in [0.2, 0.25) is 0 Å². The van der Waals surface area contributed by atoms with Gasteiger partial charge in [0, 0.05) is 11.7 Å². The zero-order valence-corrected chi connectivity index (χ0v) is 14.3. The molecule has 1 aromatic rings. The number of amides is 4. The lowest BCUT2D eigenvalue weighted by atomic mass is 9.96. The molecule has 24 heavy (non-hydrogen) atoms. The summed E-state index contributed by atoms with van der Waals surface area (Å²) in [6, 6.07) is 8.74. The van der Waals surface area contributed by atoms with Crippen molar-refractivity contribution in [3.05, 3.63) is 30.3 Å². The Morgan fingerprint density at radius 1 is 1.29 bits per heavy atom. The number of hydrogen-bond donors (Lipinski definition) is 1. The predicted octanol–water partition coefficient (Wildman–Crippen LogP) is 2.15. The Morgan fingerprint density at radius 3 is 2.46 bits per heavy atom. The Morgan fingerprint density at radius 2 is 1.92 bits per heavy atom. The molecule has 6 nitrogen and oxygen atoms in total. The number of nitrogens with one attached hydrogen (secondary N) is 1. The van der Waals surface area contributed by atoms with Crippen LogP contribution in [0, 0.1) is 5.92 Å². The Bertz CT molecular complexity index is 669. The molecule has 6 heteroatoms. The van der Waals surface area contributed by atoms with Crippen molar-refractivity contribution in [1.82, 2.24) is 10.2 Å². The number of carbonyl (C=O) groups excluding carboxylic acids is 3. The van der Waals surface area contributed by atoms with Gasteiger partial charge in [0.15, 0.2) is 0 Å². The summed E-state index contributed by atoms with van der Waals surface area (Å²) in [5.41, 5.74) is -0.0956. The first-order chi connectivity index (χ1) is 11.3. The summed E-state index contributed by atoms with van der Waals surface area (Å²) in [6.45, 7) is 5.34. The van der Waals surface area contributed by atoms with Gasteiger partial charge in [-0.3, -0.25) is 14.5 Å². The largest absolute Gasteiger partial charge is 0.325 e. The highest BCUT2D eigenvalue weighted by Crippen LogP contribution is 2.42. The molecule has 3 rings (SSSR count). The van der Waals surface area contributed by atoms with Gasteiger partial charge in [0.25, 0.3) is 5.91 Å². The van der Waals surface area contributed by atoms with E-state index in [9.17, 15) is 14.4 Å². The van der Waals surface area contributed by atoms with E-state index in [1.54, 1.807) is 11.8 Å². The molecule has 1 saturated heterocycles. The first-order valence-electron chi connectivity index (χ1n) is 8.36. The summed E-state index contributed by atoms with van der Waals surface area (Å²) in [5, 5.41) is 2.77. The number of benzene rings is 1. The van der Waals surface area contributed by atoms with Crippen LogP contribution >= 0.6 is 0 Å². The Hall–Kier alpha value is -2.37. The van der Waals surface area contributed by atoms with E-state index in [4.69, 9.17) is 0 Å². The first kappa shape index (κ1) is 16.5. The van der Waals surface area contributed by atoms with Crippen molar-refractivity contribution in [1.29, 1.82) is 0 Å². The molecule has 0 aromatic heterocycles. The fourth-order valence-corrected chi connectivity index (χ4v) is 3.33. The van der Waals surface area contributed by atoms with Gasteiger partial charge in [-0.25, -0.2) is 4.79 Å². The van der Waals surface area contributed by atoms with Crippen LogP contribution in [-0.4, -0.2) is 40.9 Å². The van der Waals surface area contributed by atoms with Gasteiger partial charge in [-0.1, -0.05) is 18.2 Å². The van der Waals surface area contributed by atoms with Crippen molar-refractivity contribution in [3.8, 4) is 0 Å². The zero-order chi connectivity index (χ0) is 17.5. The molecule has 0 radical (unpaired) electrons. The average molecular weight is 329 g/mol. The van der Waals surface area contributed by atoms with E-state index in [0.29, 0.717) is 0 Å². The lowest BCUT2D eigenvalue weighted by Gasteiger charge is -2.28. The highest BCUT2D eigenvalue weighted by atomic mass is 16.2. The van der Waals surface area contributed by atoms with Crippen LogP contribution in [0.5, 0.6) is 0 Å². The van der Waals surface area contributed by atoms with Gasteiger partial charge in [0.2, 0.25) is 5.91 Å². The van der Waals surface area contributed by atoms with Gasteiger partial charge in [0.1, 0.15) is 12.1 Å². The van der Waals surface area contributed by atoms with Crippen molar-refractivity contribution in [3.63, 3.8) is 0 Å². The van der Waals surface area contributed by atoms with Crippen molar-refractivity contribution in [2.24, 2.45) is 5.92 Å². The lowest BCUT2D eigenvalue weighted by molar-refractivity contribution is -0.134. The second kappa shape index (κ2) is 5.92. The first-order valence-corrected chi connectivity index (χ1v) is 8.36. The van der Waals surface area contributed by atoms with Gasteiger partial charge >= 0.3 is 6.03 Å². The third-order valence-corrected chi connectivity index (χ3v) is 4.81. The summed E-state index contributed by atoms with van der Waals surface area (Å²) in [4.78, 5) is 40.3. The maximum absolute atomic E-state index is 12.8. The third kappa shape index (κ3) is 2.77. The van der Waals surface area contributed by atoms with Crippen molar-refractivity contribution in [2.75, 3.05) is 11.4 Å². The van der Waals surface area contributed by atoms with E-state index in [1.807, 2.05) is 44.2 Å². The van der Waals surface area contributed by atoms with Crippen LogP contribution in [-0.2, 0) is 9.59 Å². The van der Waals surface area contributed by atoms with E-state index < -0.39 is 11.6 Å². The molecule has 1 aromatic carbocycles. The standard InChI is InChI=1S/C18H23N3O3/c1-12(2)21(14-7-5-4-6-8-14)15(22)11-20-16(23)18(3,13-9-10-13)19-17(20)24/h4-8,12-13H,9-11H2,1-3H3,(H,19,24). The molecule has 1 N–H and O–H groups in total. The van der Waals surface area contributed by atoms with E-state index in [0.717, 1.165) is 23.4 Å². The SMILES string of the molecule is CC(C)N(C(=O)CN1C(=O)NC(C)(C2CC2)C1=O)c1ccccc1. The molecule has 0 bridgehead atoms. The summed E-state index contributed by atoms with van der Waals surface area (Å²) in [5.74, 6) is -0.371. The van der Waals surface area contributed by atoms with Crippen molar-refractivity contribution >= 4 is 23.5 Å². The number of para-hydroxylation sites is 1. The van der Waals surface area contributed by atoms with Gasteiger partial charge in [-0.2, -0.15) is 0 Å². The van der Waals surface area contributed by atoms with Crippen LogP contribution in [0.1, 0.15) is 33.6 Å². The molecule has 4 amide bonds. The molecule has 1 saturated carbocycles. The molecule has 1 aliphatic carbocycles. The molecule has 1 unspecified atom stereocenters. The minimum absolute atomic E-state index is 0.0736.